The summed E-state index contributed by atoms with van der Waals surface area (Å²) < 4.78 is 2.42. The van der Waals surface area contributed by atoms with Crippen LogP contribution in [0.15, 0.2) is 46.9 Å². The van der Waals surface area contributed by atoms with Crippen molar-refractivity contribution in [2.45, 2.75) is 0 Å². The fourth-order valence-corrected chi connectivity index (χ4v) is 2.27. The van der Waals surface area contributed by atoms with Gasteiger partial charge in [0.2, 0.25) is 0 Å². The summed E-state index contributed by atoms with van der Waals surface area (Å²) in [4.78, 5) is 0. The van der Waals surface area contributed by atoms with Crippen molar-refractivity contribution < 1.29 is 0 Å². The summed E-state index contributed by atoms with van der Waals surface area (Å²) in [7, 11) is 0. The zero-order valence-corrected chi connectivity index (χ0v) is 12.5. The van der Waals surface area contributed by atoms with E-state index in [4.69, 9.17) is 17.3 Å². The van der Waals surface area contributed by atoms with Crippen molar-refractivity contribution in [3.05, 3.63) is 52.0 Å². The van der Waals surface area contributed by atoms with Gasteiger partial charge in [-0.25, -0.2) is 0 Å². The summed E-state index contributed by atoms with van der Waals surface area (Å²) >= 11 is 9.46. The van der Waals surface area contributed by atoms with Crippen molar-refractivity contribution in [1.82, 2.24) is 20.2 Å². The van der Waals surface area contributed by atoms with Gasteiger partial charge in [-0.1, -0.05) is 23.7 Å². The van der Waals surface area contributed by atoms with Gasteiger partial charge in [0, 0.05) is 15.7 Å². The van der Waals surface area contributed by atoms with Crippen molar-refractivity contribution in [3.63, 3.8) is 0 Å². The van der Waals surface area contributed by atoms with E-state index < -0.39 is 0 Å². The third kappa shape index (κ3) is 2.28. The highest BCUT2D eigenvalue weighted by Crippen LogP contribution is 2.28. The van der Waals surface area contributed by atoms with Crippen LogP contribution in [0, 0.1) is 0 Å². The number of nitrogens with zero attached hydrogens (tertiary/aromatic N) is 4. The summed E-state index contributed by atoms with van der Waals surface area (Å²) in [6.45, 7) is 0. The molecule has 20 heavy (non-hydrogen) atoms. The van der Waals surface area contributed by atoms with Crippen LogP contribution in [-0.4, -0.2) is 20.2 Å². The second kappa shape index (κ2) is 5.22. The average molecular weight is 351 g/mol. The lowest BCUT2D eigenvalue weighted by atomic mass is 10.1. The highest BCUT2D eigenvalue weighted by molar-refractivity contribution is 9.10. The first-order valence-corrected chi connectivity index (χ1v) is 6.92. The average Bonchev–Trinajstić information content (AvgIpc) is 2.91. The lowest BCUT2D eigenvalue weighted by Gasteiger charge is -2.07. The summed E-state index contributed by atoms with van der Waals surface area (Å²) in [5.41, 5.74) is 8.13. The standard InChI is InChI=1S/C13H9BrClN5/c14-10-6-5-8(7-11(10)15)20-13(17-18-19-20)9-3-1-2-4-12(9)16/h1-7H,16H2. The maximum Gasteiger partial charge on any atom is 0.189 e. The fraction of sp³-hybridized carbons (Fsp3) is 0. The highest BCUT2D eigenvalue weighted by atomic mass is 79.9. The molecule has 2 N–H and O–H groups in total. The predicted molar refractivity (Wildman–Crippen MR) is 81.7 cm³/mol. The number of para-hydroxylation sites is 1. The molecule has 5 nitrogen and oxygen atoms in total. The van der Waals surface area contributed by atoms with Crippen molar-refractivity contribution in [1.29, 1.82) is 0 Å². The third-order valence-corrected chi connectivity index (χ3v) is 4.05. The Hall–Kier alpha value is -1.92. The zero-order valence-electron chi connectivity index (χ0n) is 10.2. The summed E-state index contributed by atoms with van der Waals surface area (Å²) in [6.07, 6.45) is 0. The minimum Gasteiger partial charge on any atom is -0.398 e. The van der Waals surface area contributed by atoms with Gasteiger partial charge >= 0.3 is 0 Å². The van der Waals surface area contributed by atoms with Crippen LogP contribution in [0.3, 0.4) is 0 Å². The Morgan fingerprint density at radius 2 is 1.95 bits per heavy atom. The SMILES string of the molecule is Nc1ccccc1-c1nnnn1-c1ccc(Br)c(Cl)c1. The van der Waals surface area contributed by atoms with Crippen LogP contribution in [0.25, 0.3) is 17.1 Å². The smallest absolute Gasteiger partial charge is 0.189 e. The van der Waals surface area contributed by atoms with E-state index in [0.29, 0.717) is 16.5 Å². The molecule has 1 heterocycles. The van der Waals surface area contributed by atoms with Crippen LogP contribution in [0.2, 0.25) is 5.02 Å². The number of halogens is 2. The summed E-state index contributed by atoms with van der Waals surface area (Å²) in [5, 5.41) is 12.4. The number of rotatable bonds is 2. The summed E-state index contributed by atoms with van der Waals surface area (Å²) in [6, 6.07) is 12.9. The Kier molecular flexibility index (Phi) is 3.42. The maximum absolute atomic E-state index is 6.11. The Balaban J connectivity index is 2.15. The molecule has 0 unspecified atom stereocenters. The Morgan fingerprint density at radius 1 is 1.15 bits per heavy atom. The van der Waals surface area contributed by atoms with Crippen molar-refractivity contribution in [3.8, 4) is 17.1 Å². The van der Waals surface area contributed by atoms with Crippen LogP contribution in [0.4, 0.5) is 5.69 Å². The number of tetrazole rings is 1. The van der Waals surface area contributed by atoms with Crippen LogP contribution in [0.5, 0.6) is 0 Å². The lowest BCUT2D eigenvalue weighted by Crippen LogP contribution is -2.01. The second-order valence-electron chi connectivity index (χ2n) is 4.10. The van der Waals surface area contributed by atoms with E-state index in [0.717, 1.165) is 15.7 Å². The molecule has 0 radical (unpaired) electrons. The monoisotopic (exact) mass is 349 g/mol. The van der Waals surface area contributed by atoms with Crippen LogP contribution >= 0.6 is 27.5 Å². The highest BCUT2D eigenvalue weighted by Gasteiger charge is 2.13. The van der Waals surface area contributed by atoms with Gasteiger partial charge in [0.05, 0.1) is 10.7 Å². The molecule has 1 aromatic heterocycles. The first-order chi connectivity index (χ1) is 9.66. The lowest BCUT2D eigenvalue weighted by molar-refractivity contribution is 0.791. The molecule has 0 spiro atoms. The van der Waals surface area contributed by atoms with Crippen LogP contribution in [-0.2, 0) is 0 Å². The first kappa shape index (κ1) is 13.1. The second-order valence-corrected chi connectivity index (χ2v) is 5.36. The van der Waals surface area contributed by atoms with Crippen molar-refractivity contribution in [2.75, 3.05) is 5.73 Å². The molecule has 7 heteroatoms. The van der Waals surface area contributed by atoms with Gasteiger partial charge in [-0.15, -0.1) is 5.10 Å². The van der Waals surface area contributed by atoms with Gasteiger partial charge in [0.15, 0.2) is 5.82 Å². The van der Waals surface area contributed by atoms with Gasteiger partial charge in [-0.2, -0.15) is 4.68 Å². The molecule has 3 aromatic rings. The first-order valence-electron chi connectivity index (χ1n) is 5.75. The molecule has 0 amide bonds. The van der Waals surface area contributed by atoms with E-state index in [1.54, 1.807) is 10.7 Å². The molecule has 0 aliphatic carbocycles. The largest absolute Gasteiger partial charge is 0.398 e. The maximum atomic E-state index is 6.11. The van der Waals surface area contributed by atoms with Gasteiger partial charge in [0.1, 0.15) is 0 Å². The van der Waals surface area contributed by atoms with Crippen molar-refractivity contribution in [2.24, 2.45) is 0 Å². The molecule has 3 rings (SSSR count). The predicted octanol–water partition coefficient (Wildman–Crippen LogP) is 3.33. The number of benzene rings is 2. The van der Waals surface area contributed by atoms with E-state index in [1.165, 1.54) is 0 Å². The number of aromatic nitrogens is 4. The Morgan fingerprint density at radius 3 is 2.70 bits per heavy atom. The van der Waals surface area contributed by atoms with Crippen LogP contribution < -0.4 is 5.73 Å². The minimum atomic E-state index is 0.571. The van der Waals surface area contributed by atoms with Crippen molar-refractivity contribution >= 4 is 33.2 Å². The molecule has 0 fully saturated rings. The Labute approximate surface area is 128 Å². The number of nitrogen functional groups attached to an aromatic ring is 1. The number of hydrogen-bond acceptors (Lipinski definition) is 4. The molecule has 0 saturated heterocycles. The fourth-order valence-electron chi connectivity index (χ4n) is 1.85. The van der Waals surface area contributed by atoms with Gasteiger partial charge in [-0.3, -0.25) is 0 Å². The normalized spacial score (nSPS) is 10.7. The zero-order chi connectivity index (χ0) is 14.1. The number of anilines is 1. The Bertz CT molecular complexity index is 771. The van der Waals surface area contributed by atoms with E-state index in [9.17, 15) is 0 Å². The van der Waals surface area contributed by atoms with Gasteiger partial charge in [-0.05, 0) is 56.7 Å². The minimum absolute atomic E-state index is 0.571. The van der Waals surface area contributed by atoms with Crippen LogP contribution in [0.1, 0.15) is 0 Å². The summed E-state index contributed by atoms with van der Waals surface area (Å²) in [5.74, 6) is 0.571. The molecule has 0 aliphatic heterocycles. The number of nitrogens with two attached hydrogens (primary N) is 1. The molecule has 0 bridgehead atoms. The van der Waals surface area contributed by atoms with E-state index in [-0.39, 0.29) is 0 Å². The molecule has 0 saturated carbocycles. The van der Waals surface area contributed by atoms with Gasteiger partial charge in [0.25, 0.3) is 0 Å². The quantitative estimate of drug-likeness (QED) is 0.720. The van der Waals surface area contributed by atoms with E-state index in [2.05, 4.69) is 31.5 Å². The molecule has 100 valence electrons. The molecular formula is C13H9BrClN5. The number of hydrogen-bond donors (Lipinski definition) is 1. The van der Waals surface area contributed by atoms with E-state index >= 15 is 0 Å². The molecule has 0 aliphatic rings. The molecular weight excluding hydrogens is 342 g/mol. The topological polar surface area (TPSA) is 69.6 Å². The molecule has 2 aromatic carbocycles. The molecule has 0 atom stereocenters. The third-order valence-electron chi connectivity index (χ3n) is 2.82. The van der Waals surface area contributed by atoms with Gasteiger partial charge < -0.3 is 5.73 Å². The van der Waals surface area contributed by atoms with E-state index in [1.807, 2.05) is 36.4 Å².